The molecule has 0 saturated heterocycles. The first-order valence-electron chi connectivity index (χ1n) is 11.8. The second-order valence-corrected chi connectivity index (χ2v) is 8.75. The Labute approximate surface area is 186 Å². The summed E-state index contributed by atoms with van der Waals surface area (Å²) in [6.45, 7) is 8.30. The molecule has 0 aromatic rings. The first-order chi connectivity index (χ1) is 15.0. The highest BCUT2D eigenvalue weighted by atomic mass is 16.2. The normalized spacial score (nSPS) is 19.4. The predicted molar refractivity (Wildman–Crippen MR) is 124 cm³/mol. The van der Waals surface area contributed by atoms with Gasteiger partial charge in [-0.3, -0.25) is 14.5 Å². The number of nitrogens with one attached hydrogen (secondary N) is 1. The maximum atomic E-state index is 12.8. The molecular weight excluding hydrogens is 388 g/mol. The Morgan fingerprint density at radius 3 is 2.45 bits per heavy atom. The summed E-state index contributed by atoms with van der Waals surface area (Å²) in [5.74, 6) is 1.37. The minimum atomic E-state index is 0.0854. The highest BCUT2D eigenvalue weighted by Crippen LogP contribution is 2.37. The first kappa shape index (κ1) is 23.3. The summed E-state index contributed by atoms with van der Waals surface area (Å²) in [6.07, 6.45) is 12.7. The predicted octanol–water partition coefficient (Wildman–Crippen LogP) is 4.08. The lowest BCUT2D eigenvalue weighted by atomic mass is 9.90. The van der Waals surface area contributed by atoms with Crippen LogP contribution in [0.3, 0.4) is 0 Å². The van der Waals surface area contributed by atoms with Crippen LogP contribution in [0, 0.1) is 0 Å². The topological polar surface area (TPSA) is 78.7 Å². The maximum Gasteiger partial charge on any atom is 0.256 e. The Balaban J connectivity index is 1.64. The largest absolute Gasteiger partial charge is 0.331 e. The van der Waals surface area contributed by atoms with Crippen molar-refractivity contribution in [3.05, 3.63) is 46.1 Å². The summed E-state index contributed by atoms with van der Waals surface area (Å²) in [4.78, 5) is 29.2. The van der Waals surface area contributed by atoms with E-state index in [1.165, 1.54) is 17.6 Å². The fourth-order valence-electron chi connectivity index (χ4n) is 4.41. The fraction of sp³-hybridized carbons (Fsp3) is 0.600. The lowest BCUT2D eigenvalue weighted by Crippen LogP contribution is -2.46. The van der Waals surface area contributed by atoms with Gasteiger partial charge in [-0.2, -0.15) is 0 Å². The van der Waals surface area contributed by atoms with Crippen molar-refractivity contribution in [3.63, 3.8) is 0 Å². The van der Waals surface area contributed by atoms with Crippen LogP contribution in [0.2, 0.25) is 0 Å². The molecule has 1 aliphatic heterocycles. The summed E-state index contributed by atoms with van der Waals surface area (Å²) in [7, 11) is 0. The molecular formula is C25H38N4O2. The van der Waals surface area contributed by atoms with E-state index in [1.807, 2.05) is 11.8 Å². The zero-order chi connectivity index (χ0) is 22.4. The molecule has 3 aliphatic rings. The van der Waals surface area contributed by atoms with Crippen LogP contribution in [0.5, 0.6) is 0 Å². The molecule has 0 unspecified atom stereocenters. The van der Waals surface area contributed by atoms with Crippen LogP contribution in [0.15, 0.2) is 46.1 Å². The van der Waals surface area contributed by atoms with Crippen molar-refractivity contribution < 1.29 is 9.59 Å². The van der Waals surface area contributed by atoms with Gasteiger partial charge in [-0.05, 0) is 90.3 Å². The Morgan fingerprint density at radius 1 is 1.10 bits per heavy atom. The molecule has 3 rings (SSSR count). The van der Waals surface area contributed by atoms with Gasteiger partial charge in [-0.15, -0.1) is 0 Å². The number of hydrogen-bond acceptors (Lipinski definition) is 4. The molecule has 3 N–H and O–H groups in total. The number of unbranched alkanes of at least 4 members (excludes halogenated alkanes) is 1. The van der Waals surface area contributed by atoms with Crippen molar-refractivity contribution in [2.75, 3.05) is 19.6 Å². The van der Waals surface area contributed by atoms with E-state index in [2.05, 4.69) is 36.2 Å². The van der Waals surface area contributed by atoms with E-state index >= 15 is 0 Å². The molecule has 1 saturated carbocycles. The molecule has 2 amide bonds. The van der Waals surface area contributed by atoms with Crippen LogP contribution in [0.25, 0.3) is 0 Å². The van der Waals surface area contributed by atoms with E-state index in [-0.39, 0.29) is 11.8 Å². The average Bonchev–Trinajstić information content (AvgIpc) is 2.72. The smallest absolute Gasteiger partial charge is 0.256 e. The molecule has 6 heteroatoms. The van der Waals surface area contributed by atoms with Crippen molar-refractivity contribution in [3.8, 4) is 0 Å². The zero-order valence-electron chi connectivity index (χ0n) is 19.4. The fourth-order valence-corrected chi connectivity index (χ4v) is 4.41. The van der Waals surface area contributed by atoms with Gasteiger partial charge in [0.05, 0.1) is 0 Å². The number of nitrogens with zero attached hydrogens (tertiary/aromatic N) is 2. The van der Waals surface area contributed by atoms with Gasteiger partial charge in [0.1, 0.15) is 5.82 Å². The number of carbonyl (C=O) groups excluding carboxylic acids is 2. The minimum Gasteiger partial charge on any atom is -0.331 e. The number of nitrogens with two attached hydrogens (primary N) is 1. The van der Waals surface area contributed by atoms with Crippen molar-refractivity contribution in [2.24, 2.45) is 5.73 Å². The molecule has 0 bridgehead atoms. The maximum absolute atomic E-state index is 12.8. The van der Waals surface area contributed by atoms with Crippen LogP contribution in [-0.2, 0) is 9.59 Å². The van der Waals surface area contributed by atoms with Crippen molar-refractivity contribution in [1.29, 1.82) is 0 Å². The zero-order valence-corrected chi connectivity index (χ0v) is 19.4. The van der Waals surface area contributed by atoms with E-state index in [9.17, 15) is 9.59 Å². The van der Waals surface area contributed by atoms with Gasteiger partial charge in [0, 0.05) is 36.5 Å². The lowest BCUT2D eigenvalue weighted by Gasteiger charge is -2.43. The van der Waals surface area contributed by atoms with Crippen LogP contribution in [0.4, 0.5) is 0 Å². The average molecular weight is 427 g/mol. The third-order valence-electron chi connectivity index (χ3n) is 6.66. The Morgan fingerprint density at radius 2 is 1.87 bits per heavy atom. The number of amides is 2. The number of carbonyl (C=O) groups is 2. The molecule has 0 aromatic heterocycles. The highest BCUT2D eigenvalue weighted by molar-refractivity contribution is 5.96. The second kappa shape index (κ2) is 10.8. The van der Waals surface area contributed by atoms with Gasteiger partial charge in [0.25, 0.3) is 5.91 Å². The van der Waals surface area contributed by atoms with E-state index in [4.69, 9.17) is 5.73 Å². The first-order valence-corrected chi connectivity index (χ1v) is 11.8. The highest BCUT2D eigenvalue weighted by Gasteiger charge is 2.34. The van der Waals surface area contributed by atoms with Gasteiger partial charge in [-0.1, -0.05) is 11.6 Å². The molecule has 6 nitrogen and oxygen atoms in total. The Hall–Kier alpha value is -2.34. The van der Waals surface area contributed by atoms with Gasteiger partial charge in [0.2, 0.25) is 5.91 Å². The molecule has 0 spiro atoms. The molecule has 1 fully saturated rings. The minimum absolute atomic E-state index is 0.0854. The quantitative estimate of drug-likeness (QED) is 0.545. The standard InChI is InChI=1S/C25H38N4O2/c1-4-28-24(21-8-7-9-21)29(19(3)18(2)25(28)31)17-15-20-11-13-22(14-12-20)27-23(30)10-5-6-16-26/h11,13H,4-10,12,14-17,26H2,1-3H3,(H,27,30). The molecule has 1 heterocycles. The summed E-state index contributed by atoms with van der Waals surface area (Å²) < 4.78 is 0. The van der Waals surface area contributed by atoms with Crippen LogP contribution >= 0.6 is 0 Å². The third-order valence-corrected chi connectivity index (χ3v) is 6.66. The van der Waals surface area contributed by atoms with Crippen molar-refractivity contribution in [2.45, 2.75) is 78.6 Å². The van der Waals surface area contributed by atoms with Crippen LogP contribution < -0.4 is 11.1 Å². The lowest BCUT2D eigenvalue weighted by molar-refractivity contribution is -0.127. The molecule has 31 heavy (non-hydrogen) atoms. The van der Waals surface area contributed by atoms with E-state index < -0.39 is 0 Å². The van der Waals surface area contributed by atoms with Crippen molar-refractivity contribution >= 4 is 11.8 Å². The van der Waals surface area contributed by atoms with E-state index in [0.29, 0.717) is 19.5 Å². The van der Waals surface area contributed by atoms with Crippen LogP contribution in [-0.4, -0.2) is 41.2 Å². The SMILES string of the molecule is CCN1C(=O)C(C)=C(C)N(CCC2=CC=C(NC(=O)CCCCN)CC2)C1=C1CCC1. The molecule has 0 atom stereocenters. The number of allylic oxidation sites excluding steroid dienone is 5. The molecule has 2 aliphatic carbocycles. The summed E-state index contributed by atoms with van der Waals surface area (Å²) in [5.41, 5.74) is 11.2. The Bertz CT molecular complexity index is 828. The van der Waals surface area contributed by atoms with Crippen molar-refractivity contribution in [1.82, 2.24) is 15.1 Å². The molecule has 170 valence electrons. The molecule has 0 aromatic carbocycles. The summed E-state index contributed by atoms with van der Waals surface area (Å²) >= 11 is 0. The number of hydrogen-bond donors (Lipinski definition) is 2. The number of rotatable bonds is 9. The Kier molecular flexibility index (Phi) is 8.13. The number of likely N-dealkylation sites (N-methyl/N-ethyl adjacent to an activating group) is 1. The summed E-state index contributed by atoms with van der Waals surface area (Å²) in [5, 5.41) is 3.04. The van der Waals surface area contributed by atoms with Gasteiger partial charge >= 0.3 is 0 Å². The van der Waals surface area contributed by atoms with E-state index in [1.54, 1.807) is 0 Å². The van der Waals surface area contributed by atoms with E-state index in [0.717, 1.165) is 74.3 Å². The third kappa shape index (κ3) is 5.48. The van der Waals surface area contributed by atoms with Gasteiger partial charge < -0.3 is 16.0 Å². The van der Waals surface area contributed by atoms with Crippen LogP contribution in [0.1, 0.15) is 78.6 Å². The molecule has 0 radical (unpaired) electrons. The summed E-state index contributed by atoms with van der Waals surface area (Å²) in [6, 6.07) is 0. The monoisotopic (exact) mass is 426 g/mol. The van der Waals surface area contributed by atoms with Gasteiger partial charge in [0.15, 0.2) is 0 Å². The second-order valence-electron chi connectivity index (χ2n) is 8.75. The van der Waals surface area contributed by atoms with Gasteiger partial charge in [-0.25, -0.2) is 0 Å².